The van der Waals surface area contributed by atoms with Crippen LogP contribution in [0.1, 0.15) is 32.3 Å². The standard InChI is InChI=1S/C19H30N4O2S/c1-3-13-25-18-7-5-17(6-8-18)16(2)21-22-19(26)20-9-4-10-23-11-14-24-15-12-23/h5-8H,3-4,9-15H2,1-2H3,(H2,20,22,26)/b21-16+. The largest absolute Gasteiger partial charge is 0.494 e. The Morgan fingerprint density at radius 2 is 2.00 bits per heavy atom. The minimum absolute atomic E-state index is 0.550. The maximum Gasteiger partial charge on any atom is 0.186 e. The molecule has 0 bridgehead atoms. The highest BCUT2D eigenvalue weighted by Gasteiger charge is 2.09. The molecule has 0 radical (unpaired) electrons. The van der Waals surface area contributed by atoms with Crippen LogP contribution in [0.4, 0.5) is 0 Å². The van der Waals surface area contributed by atoms with E-state index in [2.05, 4.69) is 27.7 Å². The van der Waals surface area contributed by atoms with Crippen molar-refractivity contribution in [3.05, 3.63) is 29.8 Å². The van der Waals surface area contributed by atoms with Gasteiger partial charge < -0.3 is 14.8 Å². The molecule has 0 atom stereocenters. The lowest BCUT2D eigenvalue weighted by Gasteiger charge is -2.26. The van der Waals surface area contributed by atoms with Crippen molar-refractivity contribution in [3.63, 3.8) is 0 Å². The molecule has 0 unspecified atom stereocenters. The molecule has 1 aliphatic rings. The SMILES string of the molecule is CCCOc1ccc(/C(C)=N/NC(=S)NCCCN2CCOCC2)cc1. The molecule has 144 valence electrons. The second-order valence-corrected chi connectivity index (χ2v) is 6.65. The molecule has 2 N–H and O–H groups in total. The summed E-state index contributed by atoms with van der Waals surface area (Å²) in [6.45, 7) is 10.4. The maximum absolute atomic E-state index is 5.59. The van der Waals surface area contributed by atoms with Crippen LogP contribution in [0.25, 0.3) is 0 Å². The number of hydrogen-bond acceptors (Lipinski definition) is 5. The van der Waals surface area contributed by atoms with Gasteiger partial charge in [-0.25, -0.2) is 0 Å². The molecule has 0 amide bonds. The smallest absolute Gasteiger partial charge is 0.186 e. The normalized spacial score (nSPS) is 15.5. The first-order chi connectivity index (χ1) is 12.7. The number of benzene rings is 1. The summed E-state index contributed by atoms with van der Waals surface area (Å²) in [5.74, 6) is 0.883. The number of nitrogens with one attached hydrogen (secondary N) is 2. The Morgan fingerprint density at radius 3 is 2.69 bits per heavy atom. The topological polar surface area (TPSA) is 58.1 Å². The molecule has 2 rings (SSSR count). The lowest BCUT2D eigenvalue weighted by Crippen LogP contribution is -2.39. The van der Waals surface area contributed by atoms with Crippen LogP contribution in [-0.2, 0) is 4.74 Å². The van der Waals surface area contributed by atoms with E-state index in [1.165, 1.54) is 0 Å². The van der Waals surface area contributed by atoms with Gasteiger partial charge in [0.15, 0.2) is 5.11 Å². The van der Waals surface area contributed by atoms with Gasteiger partial charge in [-0.05, 0) is 68.4 Å². The molecule has 0 aliphatic carbocycles. The van der Waals surface area contributed by atoms with E-state index in [1.54, 1.807) is 0 Å². The van der Waals surface area contributed by atoms with Crippen LogP contribution >= 0.6 is 12.2 Å². The van der Waals surface area contributed by atoms with Gasteiger partial charge in [0, 0.05) is 19.6 Å². The molecule has 26 heavy (non-hydrogen) atoms. The molecule has 1 aromatic rings. The van der Waals surface area contributed by atoms with Gasteiger partial charge >= 0.3 is 0 Å². The number of nitrogens with zero attached hydrogens (tertiary/aromatic N) is 2. The van der Waals surface area contributed by atoms with Crippen LogP contribution in [0.5, 0.6) is 5.75 Å². The summed E-state index contributed by atoms with van der Waals surface area (Å²) < 4.78 is 10.9. The van der Waals surface area contributed by atoms with E-state index in [9.17, 15) is 0 Å². The Hall–Kier alpha value is -1.70. The molecule has 6 nitrogen and oxygen atoms in total. The van der Waals surface area contributed by atoms with Crippen molar-refractivity contribution in [2.75, 3.05) is 46.0 Å². The number of hydrazone groups is 1. The summed E-state index contributed by atoms with van der Waals surface area (Å²) in [5, 5.41) is 8.10. The Labute approximate surface area is 161 Å². The van der Waals surface area contributed by atoms with Crippen LogP contribution in [0, 0.1) is 0 Å². The fourth-order valence-corrected chi connectivity index (χ4v) is 2.73. The molecule has 0 aromatic heterocycles. The molecule has 0 spiro atoms. The summed E-state index contributed by atoms with van der Waals surface area (Å²) in [5.41, 5.74) is 4.83. The van der Waals surface area contributed by atoms with Crippen LogP contribution in [0.15, 0.2) is 29.4 Å². The number of rotatable bonds is 9. The summed E-state index contributed by atoms with van der Waals surface area (Å²) in [6, 6.07) is 7.94. The van der Waals surface area contributed by atoms with Crippen LogP contribution in [0.2, 0.25) is 0 Å². The highest BCUT2D eigenvalue weighted by Crippen LogP contribution is 2.13. The number of morpholine rings is 1. The Bertz CT molecular complexity index is 571. The van der Waals surface area contributed by atoms with Crippen molar-refractivity contribution in [1.29, 1.82) is 0 Å². The van der Waals surface area contributed by atoms with Gasteiger partial charge in [-0.2, -0.15) is 5.10 Å². The molecule has 7 heteroatoms. The first-order valence-electron chi connectivity index (χ1n) is 9.30. The molecule has 1 aliphatic heterocycles. The fourth-order valence-electron chi connectivity index (χ4n) is 2.58. The number of thiocarbonyl (C=S) groups is 1. The second kappa shape index (κ2) is 11.8. The van der Waals surface area contributed by atoms with Crippen molar-refractivity contribution in [3.8, 4) is 5.75 Å². The van der Waals surface area contributed by atoms with E-state index < -0.39 is 0 Å². The van der Waals surface area contributed by atoms with Crippen molar-refractivity contribution in [2.45, 2.75) is 26.7 Å². The van der Waals surface area contributed by atoms with E-state index in [1.807, 2.05) is 31.2 Å². The predicted molar refractivity (Wildman–Crippen MR) is 110 cm³/mol. The van der Waals surface area contributed by atoms with Gasteiger partial charge in [-0.15, -0.1) is 0 Å². The summed E-state index contributed by atoms with van der Waals surface area (Å²) >= 11 is 5.28. The van der Waals surface area contributed by atoms with Crippen molar-refractivity contribution in [1.82, 2.24) is 15.6 Å². The number of hydrogen-bond donors (Lipinski definition) is 2. The first-order valence-corrected chi connectivity index (χ1v) is 9.71. The Kier molecular flexibility index (Phi) is 9.38. The first kappa shape index (κ1) is 20.6. The van der Waals surface area contributed by atoms with Gasteiger partial charge in [-0.3, -0.25) is 10.3 Å². The average Bonchev–Trinajstić information content (AvgIpc) is 2.69. The summed E-state index contributed by atoms with van der Waals surface area (Å²) in [6.07, 6.45) is 2.05. The van der Waals surface area contributed by atoms with Crippen molar-refractivity contribution in [2.24, 2.45) is 5.10 Å². The second-order valence-electron chi connectivity index (χ2n) is 6.25. The van der Waals surface area contributed by atoms with Gasteiger partial charge in [0.05, 0.1) is 25.5 Å². The quantitative estimate of drug-likeness (QED) is 0.298. The van der Waals surface area contributed by atoms with E-state index in [0.29, 0.717) is 5.11 Å². The maximum atomic E-state index is 5.59. The zero-order valence-corrected chi connectivity index (χ0v) is 16.6. The third-order valence-corrected chi connectivity index (χ3v) is 4.35. The third-order valence-electron chi connectivity index (χ3n) is 4.11. The van der Waals surface area contributed by atoms with Gasteiger partial charge in [0.2, 0.25) is 0 Å². The molecule has 1 aromatic carbocycles. The van der Waals surface area contributed by atoms with Crippen LogP contribution in [-0.4, -0.2) is 61.7 Å². The van der Waals surface area contributed by atoms with E-state index in [-0.39, 0.29) is 0 Å². The van der Waals surface area contributed by atoms with Gasteiger partial charge in [0.1, 0.15) is 5.75 Å². The third kappa shape index (κ3) is 7.68. The zero-order valence-electron chi connectivity index (χ0n) is 15.8. The predicted octanol–water partition coefficient (Wildman–Crippen LogP) is 2.39. The molecular formula is C19H30N4O2S. The van der Waals surface area contributed by atoms with Crippen LogP contribution in [0.3, 0.4) is 0 Å². The van der Waals surface area contributed by atoms with Crippen LogP contribution < -0.4 is 15.5 Å². The van der Waals surface area contributed by atoms with Gasteiger partial charge in [0.25, 0.3) is 0 Å². The molecule has 1 heterocycles. The Balaban J connectivity index is 1.66. The van der Waals surface area contributed by atoms with Crippen molar-refractivity contribution >= 4 is 23.0 Å². The van der Waals surface area contributed by atoms with E-state index >= 15 is 0 Å². The van der Waals surface area contributed by atoms with Crippen molar-refractivity contribution < 1.29 is 9.47 Å². The minimum atomic E-state index is 0.550. The molecular weight excluding hydrogens is 348 g/mol. The lowest BCUT2D eigenvalue weighted by atomic mass is 10.1. The fraction of sp³-hybridized carbons (Fsp3) is 0.579. The minimum Gasteiger partial charge on any atom is -0.494 e. The van der Waals surface area contributed by atoms with Gasteiger partial charge in [-0.1, -0.05) is 6.92 Å². The molecule has 1 saturated heterocycles. The highest BCUT2D eigenvalue weighted by molar-refractivity contribution is 7.80. The molecule has 0 saturated carbocycles. The summed E-state index contributed by atoms with van der Waals surface area (Å²) in [7, 11) is 0. The van der Waals surface area contributed by atoms with E-state index in [0.717, 1.165) is 75.9 Å². The van der Waals surface area contributed by atoms with E-state index in [4.69, 9.17) is 21.7 Å². The highest BCUT2D eigenvalue weighted by atomic mass is 32.1. The monoisotopic (exact) mass is 378 g/mol. The summed E-state index contributed by atoms with van der Waals surface area (Å²) in [4.78, 5) is 2.41. The Morgan fingerprint density at radius 1 is 1.27 bits per heavy atom. The number of ether oxygens (including phenoxy) is 2. The zero-order chi connectivity index (χ0) is 18.6. The lowest BCUT2D eigenvalue weighted by molar-refractivity contribution is 0.0376. The molecule has 1 fully saturated rings. The average molecular weight is 379 g/mol.